The maximum absolute atomic E-state index is 13.1. The molecular formula is C31H31ClF3N3O5. The summed E-state index contributed by atoms with van der Waals surface area (Å²) in [5.74, 6) is 0.188. The lowest BCUT2D eigenvalue weighted by molar-refractivity contribution is -0.138. The number of halogens is 4. The lowest BCUT2D eigenvalue weighted by Crippen LogP contribution is -2.08. The van der Waals surface area contributed by atoms with Gasteiger partial charge >= 0.3 is 12.1 Å². The summed E-state index contributed by atoms with van der Waals surface area (Å²) in [6, 6.07) is 17.5. The highest BCUT2D eigenvalue weighted by Crippen LogP contribution is 2.36. The number of alkyl halides is 3. The van der Waals surface area contributed by atoms with E-state index in [4.69, 9.17) is 30.9 Å². The normalized spacial score (nSPS) is 11.5. The highest BCUT2D eigenvalue weighted by atomic mass is 35.5. The van der Waals surface area contributed by atoms with Crippen molar-refractivity contribution in [3.63, 3.8) is 0 Å². The number of carboxylic acid groups (broad SMARTS) is 1. The van der Waals surface area contributed by atoms with Gasteiger partial charge in [0.1, 0.15) is 16.5 Å². The number of aliphatic carboxylic acids is 1. The Morgan fingerprint density at radius 2 is 1.84 bits per heavy atom. The lowest BCUT2D eigenvalue weighted by Gasteiger charge is -2.16. The number of rotatable bonds is 14. The molecular weight excluding hydrogens is 587 g/mol. The van der Waals surface area contributed by atoms with Gasteiger partial charge < -0.3 is 19.3 Å². The zero-order valence-electron chi connectivity index (χ0n) is 23.6. The summed E-state index contributed by atoms with van der Waals surface area (Å²) in [5.41, 5.74) is 1.54. The quantitative estimate of drug-likeness (QED) is 0.146. The molecule has 0 aliphatic heterocycles. The summed E-state index contributed by atoms with van der Waals surface area (Å²) in [7, 11) is 0. The van der Waals surface area contributed by atoms with E-state index in [1.807, 2.05) is 50.2 Å². The highest BCUT2D eigenvalue weighted by Gasteiger charge is 2.32. The molecule has 12 heteroatoms. The van der Waals surface area contributed by atoms with Crippen molar-refractivity contribution in [1.29, 1.82) is 0 Å². The first-order chi connectivity index (χ1) is 20.5. The number of hydrogen-bond acceptors (Lipinski definition) is 6. The maximum atomic E-state index is 13.1. The van der Waals surface area contributed by atoms with Crippen molar-refractivity contribution in [3.05, 3.63) is 94.3 Å². The number of pyridine rings is 1. The monoisotopic (exact) mass is 617 g/mol. The van der Waals surface area contributed by atoms with Crippen molar-refractivity contribution < 1.29 is 37.3 Å². The van der Waals surface area contributed by atoms with E-state index >= 15 is 0 Å². The highest BCUT2D eigenvalue weighted by molar-refractivity contribution is 6.31. The molecule has 0 saturated carbocycles. The second-order valence-corrected chi connectivity index (χ2v) is 10.4. The molecule has 2 aromatic carbocycles. The molecule has 228 valence electrons. The average molecular weight is 618 g/mol. The van der Waals surface area contributed by atoms with Crippen molar-refractivity contribution in [2.75, 3.05) is 6.61 Å². The van der Waals surface area contributed by atoms with Crippen LogP contribution in [-0.4, -0.2) is 38.6 Å². The van der Waals surface area contributed by atoms with Crippen molar-refractivity contribution in [1.82, 2.24) is 14.8 Å². The van der Waals surface area contributed by atoms with Crippen LogP contribution in [0, 0.1) is 0 Å². The van der Waals surface area contributed by atoms with E-state index < -0.39 is 17.7 Å². The molecule has 43 heavy (non-hydrogen) atoms. The summed E-state index contributed by atoms with van der Waals surface area (Å²) in [5, 5.41) is 13.4. The van der Waals surface area contributed by atoms with Crippen LogP contribution in [0.1, 0.15) is 49.1 Å². The molecule has 0 aliphatic carbocycles. The molecule has 2 heterocycles. The van der Waals surface area contributed by atoms with Crippen molar-refractivity contribution >= 4 is 17.6 Å². The molecule has 0 spiro atoms. The van der Waals surface area contributed by atoms with Crippen LogP contribution in [0.4, 0.5) is 13.2 Å². The zero-order chi connectivity index (χ0) is 31.0. The van der Waals surface area contributed by atoms with Gasteiger partial charge in [-0.25, -0.2) is 4.98 Å². The van der Waals surface area contributed by atoms with Crippen LogP contribution in [0.5, 0.6) is 23.3 Å². The predicted octanol–water partition coefficient (Wildman–Crippen LogP) is 7.61. The van der Waals surface area contributed by atoms with E-state index in [-0.39, 0.29) is 23.4 Å². The molecule has 0 bridgehead atoms. The standard InChI is InChI=1S/C31H31ClF3N3O5/c1-20(2)42-25-12-10-22(27(17-25)43-30-26(32)15-23(18-36-30)31(33,34)35)9-6-14-41-28-16-24(11-13-29(39)40)38(37-28)19-21-7-4-3-5-8-21/h3-5,7-8,10,12,15-18,20H,6,9,11,13-14,19H2,1-2H3,(H,39,40). The van der Waals surface area contributed by atoms with Gasteiger partial charge in [-0.15, -0.1) is 5.10 Å². The number of aromatic nitrogens is 3. The van der Waals surface area contributed by atoms with Crippen molar-refractivity contribution in [2.24, 2.45) is 0 Å². The number of nitrogens with zero attached hydrogens (tertiary/aromatic N) is 3. The molecule has 0 amide bonds. The first-order valence-corrected chi connectivity index (χ1v) is 14.0. The third kappa shape index (κ3) is 9.37. The number of hydrogen-bond donors (Lipinski definition) is 1. The van der Waals surface area contributed by atoms with E-state index in [9.17, 15) is 18.0 Å². The largest absolute Gasteiger partial charge is 0.491 e. The second-order valence-electron chi connectivity index (χ2n) is 10.0. The average Bonchev–Trinajstić information content (AvgIpc) is 3.32. The fraction of sp³-hybridized carbons (Fsp3) is 0.323. The molecule has 2 aromatic heterocycles. The SMILES string of the molecule is CC(C)Oc1ccc(CCCOc2cc(CCC(=O)O)n(Cc3ccccc3)n2)c(Oc2ncc(C(F)(F)F)cc2Cl)c1. The van der Waals surface area contributed by atoms with Gasteiger partial charge in [0.2, 0.25) is 11.8 Å². The number of carbonyl (C=O) groups is 1. The number of aryl methyl sites for hydroxylation is 2. The first-order valence-electron chi connectivity index (χ1n) is 13.6. The minimum Gasteiger partial charge on any atom is -0.491 e. The van der Waals surface area contributed by atoms with Crippen LogP contribution in [0.15, 0.2) is 66.9 Å². The van der Waals surface area contributed by atoms with Gasteiger partial charge in [-0.05, 0) is 56.4 Å². The molecule has 0 saturated heterocycles. The van der Waals surface area contributed by atoms with Gasteiger partial charge in [-0.2, -0.15) is 13.2 Å². The minimum absolute atomic E-state index is 0.0307. The summed E-state index contributed by atoms with van der Waals surface area (Å²) < 4.78 is 58.5. The zero-order valence-corrected chi connectivity index (χ0v) is 24.4. The van der Waals surface area contributed by atoms with E-state index in [0.29, 0.717) is 56.0 Å². The van der Waals surface area contributed by atoms with Crippen LogP contribution < -0.4 is 14.2 Å². The third-order valence-corrected chi connectivity index (χ3v) is 6.47. The van der Waals surface area contributed by atoms with Crippen molar-refractivity contribution in [3.8, 4) is 23.3 Å². The maximum Gasteiger partial charge on any atom is 0.417 e. The number of ether oxygens (including phenoxy) is 3. The Kier molecular flexibility index (Phi) is 10.5. The van der Waals surface area contributed by atoms with Crippen LogP contribution >= 0.6 is 11.6 Å². The molecule has 8 nitrogen and oxygen atoms in total. The molecule has 4 aromatic rings. The Bertz CT molecular complexity index is 1530. The fourth-order valence-corrected chi connectivity index (χ4v) is 4.41. The van der Waals surface area contributed by atoms with Crippen LogP contribution in [0.3, 0.4) is 0 Å². The van der Waals surface area contributed by atoms with E-state index in [0.717, 1.165) is 22.9 Å². The Balaban J connectivity index is 1.45. The number of carboxylic acids is 1. The van der Waals surface area contributed by atoms with Crippen LogP contribution in [0.2, 0.25) is 5.02 Å². The minimum atomic E-state index is -4.58. The van der Waals surface area contributed by atoms with Crippen LogP contribution in [-0.2, 0) is 30.4 Å². The predicted molar refractivity (Wildman–Crippen MR) is 154 cm³/mol. The molecule has 0 radical (unpaired) electrons. The molecule has 1 N–H and O–H groups in total. The van der Waals surface area contributed by atoms with E-state index in [1.165, 1.54) is 0 Å². The van der Waals surface area contributed by atoms with Gasteiger partial charge in [0, 0.05) is 24.0 Å². The summed E-state index contributed by atoms with van der Waals surface area (Å²) in [4.78, 5) is 14.9. The smallest absolute Gasteiger partial charge is 0.417 e. The van der Waals surface area contributed by atoms with Gasteiger partial charge in [-0.3, -0.25) is 9.48 Å². The molecule has 0 aliphatic rings. The topological polar surface area (TPSA) is 95.7 Å². The summed E-state index contributed by atoms with van der Waals surface area (Å²) >= 11 is 6.08. The Hall–Kier alpha value is -4.25. The van der Waals surface area contributed by atoms with E-state index in [2.05, 4.69) is 10.1 Å². The van der Waals surface area contributed by atoms with Gasteiger partial charge in [0.25, 0.3) is 0 Å². The second kappa shape index (κ2) is 14.3. The summed E-state index contributed by atoms with van der Waals surface area (Å²) in [6.07, 6.45) is -2.70. The van der Waals surface area contributed by atoms with E-state index in [1.54, 1.807) is 22.9 Å². The Morgan fingerprint density at radius 3 is 2.51 bits per heavy atom. The Morgan fingerprint density at radius 1 is 1.07 bits per heavy atom. The molecule has 0 fully saturated rings. The van der Waals surface area contributed by atoms with Crippen molar-refractivity contribution in [2.45, 2.75) is 58.4 Å². The fourth-order valence-electron chi connectivity index (χ4n) is 4.21. The molecule has 0 unspecified atom stereocenters. The van der Waals surface area contributed by atoms with Gasteiger partial charge in [0.15, 0.2) is 0 Å². The third-order valence-electron chi connectivity index (χ3n) is 6.20. The Labute approximate surface area is 252 Å². The summed E-state index contributed by atoms with van der Waals surface area (Å²) in [6.45, 7) is 4.51. The van der Waals surface area contributed by atoms with Gasteiger partial charge in [0.05, 0.1) is 31.2 Å². The number of benzene rings is 2. The lowest BCUT2D eigenvalue weighted by atomic mass is 10.1. The molecule has 4 rings (SSSR count). The molecule has 0 atom stereocenters. The van der Waals surface area contributed by atoms with Gasteiger partial charge in [-0.1, -0.05) is 48.0 Å². The first kappa shape index (κ1) is 31.7. The van der Waals surface area contributed by atoms with Crippen LogP contribution in [0.25, 0.3) is 0 Å².